The van der Waals surface area contributed by atoms with E-state index < -0.39 is 11.9 Å². The molecule has 0 amide bonds. The number of carbonyl (C=O) groups excluding carboxylic acids is 3. The van der Waals surface area contributed by atoms with Gasteiger partial charge in [0.15, 0.2) is 0 Å². The number of esters is 3. The molecule has 0 bridgehead atoms. The van der Waals surface area contributed by atoms with Crippen molar-refractivity contribution in [3.63, 3.8) is 0 Å². The highest BCUT2D eigenvalue weighted by Crippen LogP contribution is 2.01. The Morgan fingerprint density at radius 1 is 1.08 bits per heavy atom. The molecule has 0 N–H and O–H groups in total. The van der Waals surface area contributed by atoms with Gasteiger partial charge in [0.2, 0.25) is 0 Å². The summed E-state index contributed by atoms with van der Waals surface area (Å²) >= 11 is 0. The zero-order chi connectivity index (χ0) is 9.68. The molecule has 1 fully saturated rings. The van der Waals surface area contributed by atoms with Crippen LogP contribution in [-0.2, 0) is 23.9 Å². The number of ether oxygens (including phenoxy) is 2. The molecule has 5 nitrogen and oxygen atoms in total. The maximum Gasteiger partial charge on any atom is 0.338 e. The van der Waals surface area contributed by atoms with Crippen molar-refractivity contribution in [2.24, 2.45) is 0 Å². The van der Waals surface area contributed by atoms with E-state index in [2.05, 4.69) is 9.47 Å². The fourth-order valence-electron chi connectivity index (χ4n) is 0.778. The summed E-state index contributed by atoms with van der Waals surface area (Å²) in [4.78, 5) is 29.9. The van der Waals surface area contributed by atoms with E-state index >= 15 is 0 Å². The summed E-state index contributed by atoms with van der Waals surface area (Å²) in [5.41, 5.74) is 0. The van der Waals surface area contributed by atoms with Crippen LogP contribution in [-0.4, -0.2) is 24.5 Å². The topological polar surface area (TPSA) is 69.7 Å². The zero-order valence-corrected chi connectivity index (χ0v) is 6.82. The van der Waals surface area contributed by atoms with Crippen molar-refractivity contribution in [3.05, 3.63) is 12.2 Å². The summed E-state index contributed by atoms with van der Waals surface area (Å²) in [7, 11) is 0. The Hall–Kier alpha value is -1.65. The van der Waals surface area contributed by atoms with Gasteiger partial charge in [0, 0.05) is 18.6 Å². The predicted molar refractivity (Wildman–Crippen MR) is 40.4 cm³/mol. The summed E-state index contributed by atoms with van der Waals surface area (Å²) in [6.45, 7) is 0.638. The van der Waals surface area contributed by atoms with Crippen molar-refractivity contribution >= 4 is 17.9 Å². The minimum absolute atomic E-state index is 0.0463. The second-order valence-corrected chi connectivity index (χ2v) is 2.40. The van der Waals surface area contributed by atoms with E-state index in [-0.39, 0.29) is 5.97 Å². The normalized spacial score (nSPS) is 19.2. The van der Waals surface area contributed by atoms with Gasteiger partial charge < -0.3 is 9.47 Å². The molecule has 0 radical (unpaired) electrons. The molecule has 0 aliphatic carbocycles. The standard InChI is InChI=1S/C4H2O3.C4H6O2/c5-3-1-2-4(6)7-3;5-4-2-1-3-6-4/h1-2H;1-3H2. The molecule has 1 saturated heterocycles. The van der Waals surface area contributed by atoms with Crippen LogP contribution in [0.25, 0.3) is 0 Å². The lowest BCUT2D eigenvalue weighted by Gasteiger charge is -1.81. The van der Waals surface area contributed by atoms with Crippen LogP contribution in [0.15, 0.2) is 12.2 Å². The maximum absolute atomic E-state index is 10.0. The molecule has 0 aromatic heterocycles. The van der Waals surface area contributed by atoms with E-state index in [1.54, 1.807) is 0 Å². The molecule has 0 spiro atoms. The van der Waals surface area contributed by atoms with Crippen LogP contribution < -0.4 is 0 Å². The Morgan fingerprint density at radius 2 is 1.69 bits per heavy atom. The van der Waals surface area contributed by atoms with E-state index in [0.29, 0.717) is 13.0 Å². The highest BCUT2D eigenvalue weighted by molar-refractivity contribution is 6.04. The minimum Gasteiger partial charge on any atom is -0.466 e. The van der Waals surface area contributed by atoms with Crippen LogP contribution in [0, 0.1) is 0 Å². The summed E-state index contributed by atoms with van der Waals surface area (Å²) < 4.78 is 8.49. The largest absolute Gasteiger partial charge is 0.466 e. The minimum atomic E-state index is -0.579. The number of rotatable bonds is 0. The molecular weight excluding hydrogens is 176 g/mol. The molecule has 13 heavy (non-hydrogen) atoms. The molecule has 2 rings (SSSR count). The SMILES string of the molecule is O=C1C=CC(=O)O1.O=C1CCCO1. The van der Waals surface area contributed by atoms with Gasteiger partial charge in [-0.3, -0.25) is 4.79 Å². The summed E-state index contributed by atoms with van der Waals surface area (Å²) in [6.07, 6.45) is 3.71. The lowest BCUT2D eigenvalue weighted by Crippen LogP contribution is -1.96. The zero-order valence-electron chi connectivity index (χ0n) is 6.82. The van der Waals surface area contributed by atoms with Gasteiger partial charge in [-0.1, -0.05) is 0 Å². The third-order valence-electron chi connectivity index (χ3n) is 1.34. The van der Waals surface area contributed by atoms with Gasteiger partial charge in [0.1, 0.15) is 0 Å². The Kier molecular flexibility index (Phi) is 3.19. The van der Waals surface area contributed by atoms with E-state index in [4.69, 9.17) is 0 Å². The molecule has 2 aliphatic heterocycles. The van der Waals surface area contributed by atoms with Gasteiger partial charge in [-0.2, -0.15) is 0 Å². The van der Waals surface area contributed by atoms with Gasteiger partial charge in [-0.05, 0) is 6.42 Å². The quantitative estimate of drug-likeness (QED) is 0.390. The van der Waals surface area contributed by atoms with Crippen LogP contribution in [0.2, 0.25) is 0 Å². The summed E-state index contributed by atoms with van der Waals surface area (Å²) in [5, 5.41) is 0. The van der Waals surface area contributed by atoms with Crippen molar-refractivity contribution in [3.8, 4) is 0 Å². The molecule has 2 heterocycles. The van der Waals surface area contributed by atoms with Gasteiger partial charge in [0.25, 0.3) is 0 Å². The molecule has 0 unspecified atom stereocenters. The van der Waals surface area contributed by atoms with E-state index in [1.807, 2.05) is 0 Å². The molecular formula is C8H8O5. The first-order valence-corrected chi connectivity index (χ1v) is 3.78. The van der Waals surface area contributed by atoms with Crippen molar-refractivity contribution in [1.82, 2.24) is 0 Å². The predicted octanol–water partition coefficient (Wildman–Crippen LogP) is -0.0506. The number of hydrogen-bond acceptors (Lipinski definition) is 5. The maximum atomic E-state index is 10.0. The van der Waals surface area contributed by atoms with Crippen molar-refractivity contribution < 1.29 is 23.9 Å². The number of carbonyl (C=O) groups is 3. The first kappa shape index (κ1) is 9.44. The Labute approximate surface area is 74.3 Å². The van der Waals surface area contributed by atoms with Gasteiger partial charge in [0.05, 0.1) is 6.61 Å². The van der Waals surface area contributed by atoms with Crippen LogP contribution in [0.1, 0.15) is 12.8 Å². The molecule has 0 aromatic carbocycles. The monoisotopic (exact) mass is 184 g/mol. The average Bonchev–Trinajstić information content (AvgIpc) is 2.64. The number of hydrogen-bond donors (Lipinski definition) is 0. The second-order valence-electron chi connectivity index (χ2n) is 2.40. The summed E-state index contributed by atoms with van der Waals surface area (Å²) in [6, 6.07) is 0. The molecule has 2 aliphatic rings. The average molecular weight is 184 g/mol. The highest BCUT2D eigenvalue weighted by atomic mass is 16.6. The van der Waals surface area contributed by atoms with Crippen molar-refractivity contribution in [2.75, 3.05) is 6.61 Å². The van der Waals surface area contributed by atoms with Crippen molar-refractivity contribution in [1.29, 1.82) is 0 Å². The molecule has 0 saturated carbocycles. The summed E-state index contributed by atoms with van der Waals surface area (Å²) in [5.74, 6) is -1.20. The van der Waals surface area contributed by atoms with E-state index in [9.17, 15) is 14.4 Å². The van der Waals surface area contributed by atoms with Gasteiger partial charge in [-0.25, -0.2) is 9.59 Å². The van der Waals surface area contributed by atoms with Crippen LogP contribution >= 0.6 is 0 Å². The fraction of sp³-hybridized carbons (Fsp3) is 0.375. The van der Waals surface area contributed by atoms with E-state index in [0.717, 1.165) is 18.6 Å². The Balaban J connectivity index is 0.000000132. The lowest BCUT2D eigenvalue weighted by atomic mass is 10.4. The third-order valence-corrected chi connectivity index (χ3v) is 1.34. The third kappa shape index (κ3) is 3.50. The molecule has 70 valence electrons. The first-order chi connectivity index (χ1) is 6.18. The van der Waals surface area contributed by atoms with Crippen LogP contribution in [0.5, 0.6) is 0 Å². The molecule has 5 heteroatoms. The second kappa shape index (κ2) is 4.39. The van der Waals surface area contributed by atoms with Crippen LogP contribution in [0.3, 0.4) is 0 Å². The molecule has 0 atom stereocenters. The first-order valence-electron chi connectivity index (χ1n) is 3.78. The van der Waals surface area contributed by atoms with Gasteiger partial charge >= 0.3 is 17.9 Å². The molecule has 0 aromatic rings. The fourth-order valence-corrected chi connectivity index (χ4v) is 0.778. The lowest BCUT2D eigenvalue weighted by molar-refractivity contribution is -0.150. The van der Waals surface area contributed by atoms with Crippen LogP contribution in [0.4, 0.5) is 0 Å². The smallest absolute Gasteiger partial charge is 0.338 e. The number of cyclic esters (lactones) is 3. The van der Waals surface area contributed by atoms with Crippen molar-refractivity contribution in [2.45, 2.75) is 12.8 Å². The highest BCUT2D eigenvalue weighted by Gasteiger charge is 2.10. The van der Waals surface area contributed by atoms with Gasteiger partial charge in [-0.15, -0.1) is 0 Å². The van der Waals surface area contributed by atoms with E-state index in [1.165, 1.54) is 0 Å². The Bertz CT molecular complexity index is 242. The Morgan fingerprint density at radius 3 is 1.85 bits per heavy atom.